The first kappa shape index (κ1) is 12.8. The van der Waals surface area contributed by atoms with E-state index in [2.05, 4.69) is 50.3 Å². The van der Waals surface area contributed by atoms with Crippen molar-refractivity contribution < 1.29 is 0 Å². The average Bonchev–Trinajstić information content (AvgIpc) is 2.41. The monoisotopic (exact) mass is 286 g/mol. The van der Waals surface area contributed by atoms with Crippen molar-refractivity contribution >= 4 is 28.3 Å². The normalized spacial score (nSPS) is 17.8. The van der Waals surface area contributed by atoms with Crippen molar-refractivity contribution in [2.75, 3.05) is 0 Å². The van der Waals surface area contributed by atoms with Gasteiger partial charge in [-0.05, 0) is 35.7 Å². The van der Waals surface area contributed by atoms with Gasteiger partial charge in [0.25, 0.3) is 0 Å². The second kappa shape index (κ2) is 5.07. The van der Waals surface area contributed by atoms with Crippen LogP contribution in [-0.4, -0.2) is 0 Å². The SMILES string of the molecule is Cc1cccc2c1SC(c1ccc(Cl)cc1)=CC2C. The molecule has 0 aromatic heterocycles. The van der Waals surface area contributed by atoms with Crippen molar-refractivity contribution in [2.45, 2.75) is 24.7 Å². The van der Waals surface area contributed by atoms with Crippen molar-refractivity contribution in [3.05, 3.63) is 70.3 Å². The number of fused-ring (bicyclic) bond motifs is 1. The Morgan fingerprint density at radius 3 is 2.53 bits per heavy atom. The van der Waals surface area contributed by atoms with Gasteiger partial charge in [0, 0.05) is 20.7 Å². The van der Waals surface area contributed by atoms with Gasteiger partial charge < -0.3 is 0 Å². The molecular formula is C17H15ClS. The van der Waals surface area contributed by atoms with E-state index in [1.54, 1.807) is 0 Å². The highest BCUT2D eigenvalue weighted by Crippen LogP contribution is 2.46. The van der Waals surface area contributed by atoms with Crippen LogP contribution >= 0.6 is 23.4 Å². The lowest BCUT2D eigenvalue weighted by molar-refractivity contribution is 0.924. The molecule has 0 saturated carbocycles. The highest BCUT2D eigenvalue weighted by molar-refractivity contribution is 8.08. The third-order valence-corrected chi connectivity index (χ3v) is 5.08. The molecule has 96 valence electrons. The van der Waals surface area contributed by atoms with E-state index in [4.69, 9.17) is 11.6 Å². The van der Waals surface area contributed by atoms with Crippen LogP contribution in [0.15, 0.2) is 53.4 Å². The maximum Gasteiger partial charge on any atom is 0.0406 e. The Morgan fingerprint density at radius 1 is 1.05 bits per heavy atom. The van der Waals surface area contributed by atoms with Crippen LogP contribution in [-0.2, 0) is 0 Å². The average molecular weight is 287 g/mol. The van der Waals surface area contributed by atoms with Gasteiger partial charge in [0.05, 0.1) is 0 Å². The van der Waals surface area contributed by atoms with Crippen molar-refractivity contribution in [3.8, 4) is 0 Å². The lowest BCUT2D eigenvalue weighted by Crippen LogP contribution is -2.00. The molecule has 2 aromatic rings. The first-order valence-electron chi connectivity index (χ1n) is 6.40. The Labute approximate surface area is 123 Å². The van der Waals surface area contributed by atoms with Gasteiger partial charge in [0.1, 0.15) is 0 Å². The number of hydrogen-bond donors (Lipinski definition) is 0. The molecule has 2 heteroatoms. The Kier molecular flexibility index (Phi) is 3.42. The lowest BCUT2D eigenvalue weighted by Gasteiger charge is -2.23. The lowest BCUT2D eigenvalue weighted by atomic mass is 9.97. The van der Waals surface area contributed by atoms with E-state index in [1.165, 1.54) is 26.5 Å². The molecule has 0 fully saturated rings. The second-order valence-corrected chi connectivity index (χ2v) is 6.41. The molecule has 19 heavy (non-hydrogen) atoms. The van der Waals surface area contributed by atoms with Crippen LogP contribution in [0.25, 0.3) is 4.91 Å². The van der Waals surface area contributed by atoms with Crippen LogP contribution in [0, 0.1) is 6.92 Å². The second-order valence-electron chi connectivity index (χ2n) is 4.92. The Morgan fingerprint density at radius 2 is 1.79 bits per heavy atom. The topological polar surface area (TPSA) is 0 Å². The van der Waals surface area contributed by atoms with Crippen molar-refractivity contribution in [2.24, 2.45) is 0 Å². The standard InChI is InChI=1S/C17H15ClS/c1-11-4-3-5-15-12(2)10-16(19-17(11)15)13-6-8-14(18)9-7-13/h3-10,12H,1-2H3. The van der Waals surface area contributed by atoms with E-state index in [-0.39, 0.29) is 0 Å². The minimum Gasteiger partial charge on any atom is -0.0892 e. The van der Waals surface area contributed by atoms with Gasteiger partial charge in [-0.3, -0.25) is 0 Å². The van der Waals surface area contributed by atoms with Gasteiger partial charge >= 0.3 is 0 Å². The molecule has 0 spiro atoms. The molecule has 1 unspecified atom stereocenters. The zero-order valence-corrected chi connectivity index (χ0v) is 12.6. The summed E-state index contributed by atoms with van der Waals surface area (Å²) in [7, 11) is 0. The molecule has 1 aliphatic rings. The molecule has 0 amide bonds. The fraction of sp³-hybridized carbons (Fsp3) is 0.176. The summed E-state index contributed by atoms with van der Waals surface area (Å²) in [6.07, 6.45) is 2.34. The van der Waals surface area contributed by atoms with Crippen molar-refractivity contribution in [1.29, 1.82) is 0 Å². The van der Waals surface area contributed by atoms with Crippen LogP contribution in [0.2, 0.25) is 5.02 Å². The Hall–Kier alpha value is -1.18. The largest absolute Gasteiger partial charge is 0.0892 e. The van der Waals surface area contributed by atoms with Crippen molar-refractivity contribution in [1.82, 2.24) is 0 Å². The van der Waals surface area contributed by atoms with E-state index >= 15 is 0 Å². The molecule has 1 aliphatic heterocycles. The number of allylic oxidation sites excluding steroid dienone is 1. The summed E-state index contributed by atoms with van der Waals surface area (Å²) in [5, 5.41) is 0.787. The van der Waals surface area contributed by atoms with E-state index in [0.29, 0.717) is 5.92 Å². The number of hydrogen-bond acceptors (Lipinski definition) is 1. The first-order valence-corrected chi connectivity index (χ1v) is 7.60. The van der Waals surface area contributed by atoms with E-state index in [0.717, 1.165) is 5.02 Å². The molecule has 0 N–H and O–H groups in total. The number of thioether (sulfide) groups is 1. The van der Waals surface area contributed by atoms with Gasteiger partial charge in [-0.1, -0.05) is 66.7 Å². The molecule has 0 radical (unpaired) electrons. The molecule has 1 atom stereocenters. The fourth-order valence-corrected chi connectivity index (χ4v) is 3.88. The van der Waals surface area contributed by atoms with Gasteiger partial charge in [0.15, 0.2) is 0 Å². The smallest absolute Gasteiger partial charge is 0.0406 e. The predicted octanol–water partition coefficient (Wildman–Crippen LogP) is 5.90. The highest BCUT2D eigenvalue weighted by atomic mass is 35.5. The highest BCUT2D eigenvalue weighted by Gasteiger charge is 2.19. The summed E-state index contributed by atoms with van der Waals surface area (Å²) >= 11 is 7.82. The van der Waals surface area contributed by atoms with Gasteiger partial charge in [0.2, 0.25) is 0 Å². The predicted molar refractivity (Wildman–Crippen MR) is 84.9 cm³/mol. The van der Waals surface area contributed by atoms with Crippen LogP contribution in [0.1, 0.15) is 29.5 Å². The first-order chi connectivity index (χ1) is 9.15. The third-order valence-electron chi connectivity index (χ3n) is 3.48. The summed E-state index contributed by atoms with van der Waals surface area (Å²) in [5.74, 6) is 0.460. The van der Waals surface area contributed by atoms with E-state index in [1.807, 2.05) is 23.9 Å². The summed E-state index contributed by atoms with van der Waals surface area (Å²) in [6.45, 7) is 4.44. The summed E-state index contributed by atoms with van der Waals surface area (Å²) < 4.78 is 0. The van der Waals surface area contributed by atoms with Gasteiger partial charge in [-0.25, -0.2) is 0 Å². The third kappa shape index (κ3) is 2.45. The quantitative estimate of drug-likeness (QED) is 0.629. The molecular weight excluding hydrogens is 272 g/mol. The number of halogens is 1. The number of benzene rings is 2. The van der Waals surface area contributed by atoms with E-state index in [9.17, 15) is 0 Å². The molecule has 0 aliphatic carbocycles. The zero-order chi connectivity index (χ0) is 13.4. The maximum atomic E-state index is 5.96. The van der Waals surface area contributed by atoms with Crippen LogP contribution in [0.5, 0.6) is 0 Å². The number of aryl methyl sites for hydroxylation is 1. The molecule has 2 aromatic carbocycles. The Balaban J connectivity index is 2.03. The molecule has 0 saturated heterocycles. The molecule has 0 nitrogen and oxygen atoms in total. The van der Waals surface area contributed by atoms with E-state index < -0.39 is 0 Å². The minimum absolute atomic E-state index is 0.460. The molecule has 0 bridgehead atoms. The Bertz CT molecular complexity index is 641. The number of rotatable bonds is 1. The van der Waals surface area contributed by atoms with Crippen LogP contribution in [0.4, 0.5) is 0 Å². The summed E-state index contributed by atoms with van der Waals surface area (Å²) in [4.78, 5) is 2.73. The van der Waals surface area contributed by atoms with Gasteiger partial charge in [-0.15, -0.1) is 0 Å². The van der Waals surface area contributed by atoms with Crippen LogP contribution < -0.4 is 0 Å². The fourth-order valence-electron chi connectivity index (χ4n) is 2.40. The zero-order valence-electron chi connectivity index (χ0n) is 11.0. The maximum absolute atomic E-state index is 5.96. The van der Waals surface area contributed by atoms with Crippen LogP contribution in [0.3, 0.4) is 0 Å². The molecule has 1 heterocycles. The molecule has 3 rings (SSSR count). The van der Waals surface area contributed by atoms with Gasteiger partial charge in [-0.2, -0.15) is 0 Å². The summed E-state index contributed by atoms with van der Waals surface area (Å²) in [5.41, 5.74) is 4.03. The van der Waals surface area contributed by atoms with Crippen molar-refractivity contribution in [3.63, 3.8) is 0 Å². The minimum atomic E-state index is 0.460. The summed E-state index contributed by atoms with van der Waals surface area (Å²) in [6, 6.07) is 14.7.